The van der Waals surface area contributed by atoms with E-state index in [0.29, 0.717) is 23.6 Å². The van der Waals surface area contributed by atoms with E-state index in [1.54, 1.807) is 6.92 Å². The number of carbonyl (C=O) groups is 1. The normalized spacial score (nSPS) is 11.5. The van der Waals surface area contributed by atoms with Crippen molar-refractivity contribution in [2.75, 3.05) is 25.1 Å². The maximum absolute atomic E-state index is 12.0. The first kappa shape index (κ1) is 15.4. The van der Waals surface area contributed by atoms with Gasteiger partial charge in [0.1, 0.15) is 5.69 Å². The van der Waals surface area contributed by atoms with Crippen molar-refractivity contribution in [2.45, 2.75) is 20.4 Å². The number of nitrogens with two attached hydrogens (primary N) is 1. The molecule has 1 aromatic heterocycles. The third-order valence-corrected chi connectivity index (χ3v) is 3.19. The first-order valence-electron chi connectivity index (χ1n) is 5.82. The smallest absolute Gasteiger partial charge is 0.271 e. The Kier molecular flexibility index (Phi) is 4.90. The molecule has 0 aromatic carbocycles. The van der Waals surface area contributed by atoms with Crippen LogP contribution >= 0.6 is 0 Å². The van der Waals surface area contributed by atoms with E-state index < -0.39 is 10.0 Å². The van der Waals surface area contributed by atoms with Crippen LogP contribution in [0.15, 0.2) is 0 Å². The number of aromatic nitrogens is 2. The third-order valence-electron chi connectivity index (χ3n) is 2.46. The highest BCUT2D eigenvalue weighted by atomic mass is 32.2. The second-order valence-electron chi connectivity index (χ2n) is 4.09. The van der Waals surface area contributed by atoms with Gasteiger partial charge in [0.15, 0.2) is 0 Å². The molecule has 0 aliphatic carbocycles. The summed E-state index contributed by atoms with van der Waals surface area (Å²) in [5, 5.41) is 6.73. The second-order valence-corrected chi connectivity index (χ2v) is 5.92. The molecule has 0 aliphatic rings. The molecule has 1 amide bonds. The molecule has 108 valence electrons. The van der Waals surface area contributed by atoms with E-state index in [2.05, 4.69) is 15.1 Å². The Morgan fingerprint density at radius 1 is 1.42 bits per heavy atom. The zero-order valence-electron chi connectivity index (χ0n) is 11.2. The lowest BCUT2D eigenvalue weighted by molar-refractivity contribution is 0.0944. The Morgan fingerprint density at radius 2 is 2.05 bits per heavy atom. The molecule has 9 heteroatoms. The third kappa shape index (κ3) is 4.21. The van der Waals surface area contributed by atoms with Gasteiger partial charge in [-0.1, -0.05) is 0 Å². The van der Waals surface area contributed by atoms with Crippen molar-refractivity contribution in [3.63, 3.8) is 0 Å². The highest BCUT2D eigenvalue weighted by Crippen LogP contribution is 2.15. The number of hydrogen-bond acceptors (Lipinski definition) is 5. The van der Waals surface area contributed by atoms with Gasteiger partial charge in [-0.2, -0.15) is 5.10 Å². The molecule has 0 saturated carbocycles. The molecule has 0 aliphatic heterocycles. The number of sulfonamides is 1. The van der Waals surface area contributed by atoms with Crippen molar-refractivity contribution in [2.24, 2.45) is 0 Å². The lowest BCUT2D eigenvalue weighted by Crippen LogP contribution is -2.35. The van der Waals surface area contributed by atoms with Gasteiger partial charge in [-0.15, -0.1) is 0 Å². The van der Waals surface area contributed by atoms with Gasteiger partial charge in [0.05, 0.1) is 17.6 Å². The van der Waals surface area contributed by atoms with Crippen LogP contribution in [0.1, 0.15) is 23.1 Å². The Balaban J connectivity index is 2.64. The molecule has 0 fully saturated rings. The lowest BCUT2D eigenvalue weighted by atomic mass is 10.3. The fourth-order valence-electron chi connectivity index (χ4n) is 1.56. The lowest BCUT2D eigenvalue weighted by Gasteiger charge is -2.07. The maximum Gasteiger partial charge on any atom is 0.271 e. The molecular weight excluding hydrogens is 270 g/mol. The number of anilines is 1. The first-order chi connectivity index (χ1) is 8.76. The van der Waals surface area contributed by atoms with Gasteiger partial charge in [-0.05, 0) is 13.8 Å². The Hall–Kier alpha value is -1.61. The summed E-state index contributed by atoms with van der Waals surface area (Å²) in [5.74, 6) is -0.366. The Bertz CT molecular complexity index is 564. The van der Waals surface area contributed by atoms with Crippen LogP contribution in [-0.4, -0.2) is 43.5 Å². The average Bonchev–Trinajstić information content (AvgIpc) is 2.59. The molecular formula is C10H19N5O3S. The molecule has 1 aromatic rings. The Morgan fingerprint density at radius 3 is 2.58 bits per heavy atom. The summed E-state index contributed by atoms with van der Waals surface area (Å²) in [7, 11) is -3.25. The number of hydrogen-bond donors (Lipinski definition) is 3. The molecule has 1 heterocycles. The van der Waals surface area contributed by atoms with Crippen molar-refractivity contribution in [1.82, 2.24) is 19.8 Å². The van der Waals surface area contributed by atoms with Crippen molar-refractivity contribution in [3.05, 3.63) is 11.4 Å². The largest absolute Gasteiger partial charge is 0.395 e. The zero-order valence-corrected chi connectivity index (χ0v) is 12.0. The highest BCUT2D eigenvalue weighted by Gasteiger charge is 2.18. The summed E-state index contributed by atoms with van der Waals surface area (Å²) in [4.78, 5) is 12.0. The van der Waals surface area contributed by atoms with Gasteiger partial charge < -0.3 is 11.1 Å². The summed E-state index contributed by atoms with van der Waals surface area (Å²) in [6.07, 6.45) is 1.06. The van der Waals surface area contributed by atoms with E-state index in [1.807, 2.05) is 6.92 Å². The summed E-state index contributed by atoms with van der Waals surface area (Å²) in [6.45, 7) is 4.42. The minimum Gasteiger partial charge on any atom is -0.395 e. The van der Waals surface area contributed by atoms with Gasteiger partial charge in [-0.3, -0.25) is 9.48 Å². The van der Waals surface area contributed by atoms with Crippen LogP contribution in [0.4, 0.5) is 5.69 Å². The summed E-state index contributed by atoms with van der Waals surface area (Å²) in [5.41, 5.74) is 7.04. The van der Waals surface area contributed by atoms with E-state index in [-0.39, 0.29) is 19.0 Å². The van der Waals surface area contributed by atoms with E-state index in [0.717, 1.165) is 6.26 Å². The van der Waals surface area contributed by atoms with Gasteiger partial charge in [0.25, 0.3) is 5.91 Å². The average molecular weight is 289 g/mol. The number of amides is 1. The number of nitrogen functional groups attached to an aromatic ring is 1. The van der Waals surface area contributed by atoms with Crippen molar-refractivity contribution >= 4 is 21.6 Å². The monoisotopic (exact) mass is 289 g/mol. The van der Waals surface area contributed by atoms with Crippen molar-refractivity contribution in [1.29, 1.82) is 0 Å². The molecule has 19 heavy (non-hydrogen) atoms. The van der Waals surface area contributed by atoms with Gasteiger partial charge in [-0.25, -0.2) is 13.1 Å². The van der Waals surface area contributed by atoms with Crippen molar-refractivity contribution < 1.29 is 13.2 Å². The van der Waals surface area contributed by atoms with E-state index in [1.165, 1.54) is 4.68 Å². The number of rotatable bonds is 6. The van der Waals surface area contributed by atoms with Crippen molar-refractivity contribution in [3.8, 4) is 0 Å². The van der Waals surface area contributed by atoms with Gasteiger partial charge in [0.2, 0.25) is 10.0 Å². The molecule has 8 nitrogen and oxygen atoms in total. The predicted octanol–water partition coefficient (Wildman–Crippen LogP) is -0.927. The molecule has 0 radical (unpaired) electrons. The van der Waals surface area contributed by atoms with E-state index in [4.69, 9.17) is 5.73 Å². The summed E-state index contributed by atoms with van der Waals surface area (Å²) < 4.78 is 25.5. The summed E-state index contributed by atoms with van der Waals surface area (Å²) in [6, 6.07) is 0. The number of aryl methyl sites for hydroxylation is 2. The minimum absolute atomic E-state index is 0.129. The van der Waals surface area contributed by atoms with Gasteiger partial charge in [0, 0.05) is 19.6 Å². The van der Waals surface area contributed by atoms with E-state index >= 15 is 0 Å². The zero-order chi connectivity index (χ0) is 14.6. The number of carbonyl (C=O) groups excluding carboxylic acids is 1. The van der Waals surface area contributed by atoms with Crippen LogP contribution in [0.5, 0.6) is 0 Å². The van der Waals surface area contributed by atoms with Crippen LogP contribution < -0.4 is 15.8 Å². The fourth-order valence-corrected chi connectivity index (χ4v) is 2.03. The first-order valence-corrected chi connectivity index (χ1v) is 7.71. The Labute approximate surface area is 112 Å². The second kappa shape index (κ2) is 6.02. The maximum atomic E-state index is 12.0. The standard InChI is InChI=1S/C10H19N5O3S/c1-4-15-9(8(11)7(2)14-15)10(16)12-5-6-13-19(3,17)18/h13H,4-6,11H2,1-3H3,(H,12,16). The van der Waals surface area contributed by atoms with Crippen LogP contribution in [0.2, 0.25) is 0 Å². The predicted molar refractivity (Wildman–Crippen MR) is 72.2 cm³/mol. The SMILES string of the molecule is CCn1nc(C)c(N)c1C(=O)NCCNS(C)(=O)=O. The quantitative estimate of drug-likeness (QED) is 0.585. The number of nitrogens with zero attached hydrogens (tertiary/aromatic N) is 2. The van der Waals surface area contributed by atoms with E-state index in [9.17, 15) is 13.2 Å². The molecule has 4 N–H and O–H groups in total. The summed E-state index contributed by atoms with van der Waals surface area (Å²) >= 11 is 0. The van der Waals surface area contributed by atoms with Crippen LogP contribution in [-0.2, 0) is 16.6 Å². The minimum atomic E-state index is -3.25. The van der Waals surface area contributed by atoms with Crippen LogP contribution in [0, 0.1) is 6.92 Å². The molecule has 0 atom stereocenters. The molecule has 0 spiro atoms. The van der Waals surface area contributed by atoms with Gasteiger partial charge >= 0.3 is 0 Å². The molecule has 0 bridgehead atoms. The fraction of sp³-hybridized carbons (Fsp3) is 0.600. The number of nitrogens with one attached hydrogen (secondary N) is 2. The molecule has 1 rings (SSSR count). The topological polar surface area (TPSA) is 119 Å². The highest BCUT2D eigenvalue weighted by molar-refractivity contribution is 7.88. The van der Waals surface area contributed by atoms with Crippen LogP contribution in [0.25, 0.3) is 0 Å². The molecule has 0 unspecified atom stereocenters. The van der Waals surface area contributed by atoms with Crippen LogP contribution in [0.3, 0.4) is 0 Å². The molecule has 0 saturated heterocycles.